The SMILES string of the molecule is COc1c(CCC=O)ccc(C)c1Cl. The number of ether oxygens (including phenoxy) is 1. The summed E-state index contributed by atoms with van der Waals surface area (Å²) in [5.41, 5.74) is 1.97. The summed E-state index contributed by atoms with van der Waals surface area (Å²) in [5, 5.41) is 0.635. The first-order chi connectivity index (χ1) is 6.70. The van der Waals surface area contributed by atoms with Crippen molar-refractivity contribution >= 4 is 17.9 Å². The number of carbonyl (C=O) groups is 1. The van der Waals surface area contributed by atoms with Gasteiger partial charge in [0, 0.05) is 6.42 Å². The van der Waals surface area contributed by atoms with E-state index in [4.69, 9.17) is 16.3 Å². The number of carbonyl (C=O) groups excluding carboxylic acids is 1. The van der Waals surface area contributed by atoms with Gasteiger partial charge in [-0.05, 0) is 24.5 Å². The second-order valence-corrected chi connectivity index (χ2v) is 3.47. The third-order valence-electron chi connectivity index (χ3n) is 2.11. The highest BCUT2D eigenvalue weighted by Crippen LogP contribution is 2.32. The van der Waals surface area contributed by atoms with Crippen molar-refractivity contribution < 1.29 is 9.53 Å². The largest absolute Gasteiger partial charge is 0.495 e. The van der Waals surface area contributed by atoms with Crippen molar-refractivity contribution in [2.75, 3.05) is 7.11 Å². The third kappa shape index (κ3) is 2.26. The third-order valence-corrected chi connectivity index (χ3v) is 2.58. The summed E-state index contributed by atoms with van der Waals surface area (Å²) in [6, 6.07) is 3.88. The Morgan fingerprint density at radius 2 is 2.21 bits per heavy atom. The maximum atomic E-state index is 10.3. The number of benzene rings is 1. The molecule has 0 aliphatic rings. The first-order valence-electron chi connectivity index (χ1n) is 4.46. The van der Waals surface area contributed by atoms with E-state index in [2.05, 4.69) is 0 Å². The first kappa shape index (κ1) is 11.1. The Hall–Kier alpha value is -1.02. The number of hydrogen-bond acceptors (Lipinski definition) is 2. The van der Waals surface area contributed by atoms with E-state index >= 15 is 0 Å². The molecule has 0 aromatic heterocycles. The Morgan fingerprint density at radius 1 is 1.50 bits per heavy atom. The fraction of sp³-hybridized carbons (Fsp3) is 0.364. The summed E-state index contributed by atoms with van der Waals surface area (Å²) in [7, 11) is 1.59. The van der Waals surface area contributed by atoms with Crippen molar-refractivity contribution in [1.82, 2.24) is 0 Å². The molecule has 76 valence electrons. The van der Waals surface area contributed by atoms with Crippen LogP contribution in [0.2, 0.25) is 5.02 Å². The van der Waals surface area contributed by atoms with Crippen LogP contribution in [0.3, 0.4) is 0 Å². The molecule has 2 nitrogen and oxygen atoms in total. The zero-order chi connectivity index (χ0) is 10.6. The zero-order valence-corrected chi connectivity index (χ0v) is 9.10. The van der Waals surface area contributed by atoms with Crippen LogP contribution in [-0.4, -0.2) is 13.4 Å². The highest BCUT2D eigenvalue weighted by Gasteiger charge is 2.09. The molecule has 0 radical (unpaired) electrons. The second kappa shape index (κ2) is 5.01. The summed E-state index contributed by atoms with van der Waals surface area (Å²) in [5.74, 6) is 0.688. The molecule has 3 heteroatoms. The van der Waals surface area contributed by atoms with Crippen LogP contribution < -0.4 is 4.74 Å². The standard InChI is InChI=1S/C11H13ClO2/c1-8-5-6-9(4-3-7-13)11(14-2)10(8)12/h5-7H,3-4H2,1-2H3. The molecule has 0 bridgehead atoms. The molecular formula is C11H13ClO2. The molecule has 0 atom stereocenters. The van der Waals surface area contributed by atoms with E-state index in [1.807, 2.05) is 19.1 Å². The van der Waals surface area contributed by atoms with E-state index in [1.165, 1.54) is 0 Å². The number of hydrogen-bond donors (Lipinski definition) is 0. The zero-order valence-electron chi connectivity index (χ0n) is 8.34. The summed E-state index contributed by atoms with van der Waals surface area (Å²) in [6.07, 6.45) is 2.07. The van der Waals surface area contributed by atoms with Gasteiger partial charge in [-0.3, -0.25) is 0 Å². The highest BCUT2D eigenvalue weighted by molar-refractivity contribution is 6.32. The van der Waals surface area contributed by atoms with Gasteiger partial charge in [-0.25, -0.2) is 0 Å². The Kier molecular flexibility index (Phi) is 3.96. The summed E-state index contributed by atoms with van der Waals surface area (Å²) in [6.45, 7) is 1.92. The van der Waals surface area contributed by atoms with Gasteiger partial charge in [0.1, 0.15) is 12.0 Å². The van der Waals surface area contributed by atoms with Gasteiger partial charge in [0.2, 0.25) is 0 Å². The van der Waals surface area contributed by atoms with Gasteiger partial charge in [-0.1, -0.05) is 23.7 Å². The van der Waals surface area contributed by atoms with E-state index in [1.54, 1.807) is 7.11 Å². The quantitative estimate of drug-likeness (QED) is 0.718. The van der Waals surface area contributed by atoms with E-state index < -0.39 is 0 Å². The molecule has 0 N–H and O–H groups in total. The lowest BCUT2D eigenvalue weighted by atomic mass is 10.1. The molecule has 0 spiro atoms. The fourth-order valence-corrected chi connectivity index (χ4v) is 1.59. The van der Waals surface area contributed by atoms with Gasteiger partial charge in [0.25, 0.3) is 0 Å². The van der Waals surface area contributed by atoms with Gasteiger partial charge in [-0.15, -0.1) is 0 Å². The van der Waals surface area contributed by atoms with Crippen LogP contribution in [0, 0.1) is 6.92 Å². The number of rotatable bonds is 4. The van der Waals surface area contributed by atoms with Gasteiger partial charge >= 0.3 is 0 Å². The van der Waals surface area contributed by atoms with Crippen LogP contribution in [-0.2, 0) is 11.2 Å². The summed E-state index contributed by atoms with van der Waals surface area (Å²) in [4.78, 5) is 10.3. The molecule has 0 unspecified atom stereocenters. The lowest BCUT2D eigenvalue weighted by molar-refractivity contribution is -0.107. The van der Waals surface area contributed by atoms with E-state index in [0.717, 1.165) is 17.4 Å². The Labute approximate surface area is 88.8 Å². The van der Waals surface area contributed by atoms with Crippen molar-refractivity contribution in [3.8, 4) is 5.75 Å². The maximum absolute atomic E-state index is 10.3. The van der Waals surface area contributed by atoms with Crippen molar-refractivity contribution in [2.24, 2.45) is 0 Å². The van der Waals surface area contributed by atoms with Crippen molar-refractivity contribution in [1.29, 1.82) is 0 Å². The van der Waals surface area contributed by atoms with Gasteiger partial charge in [0.05, 0.1) is 12.1 Å². The average molecular weight is 213 g/mol. The molecule has 1 aromatic rings. The lowest BCUT2D eigenvalue weighted by Gasteiger charge is -2.10. The minimum Gasteiger partial charge on any atom is -0.495 e. The number of halogens is 1. The highest BCUT2D eigenvalue weighted by atomic mass is 35.5. The molecule has 1 aromatic carbocycles. The van der Waals surface area contributed by atoms with E-state index in [9.17, 15) is 4.79 Å². The monoisotopic (exact) mass is 212 g/mol. The second-order valence-electron chi connectivity index (χ2n) is 3.09. The van der Waals surface area contributed by atoms with Gasteiger partial charge in [0.15, 0.2) is 0 Å². The fourth-order valence-electron chi connectivity index (χ4n) is 1.33. The minimum absolute atomic E-state index is 0.496. The predicted molar refractivity (Wildman–Crippen MR) is 57.1 cm³/mol. The van der Waals surface area contributed by atoms with Crippen LogP contribution in [0.5, 0.6) is 5.75 Å². The molecule has 0 heterocycles. The molecule has 0 saturated carbocycles. The number of aldehydes is 1. The first-order valence-corrected chi connectivity index (χ1v) is 4.84. The molecule has 0 aliphatic carbocycles. The van der Waals surface area contributed by atoms with Gasteiger partial charge < -0.3 is 9.53 Å². The molecular weight excluding hydrogens is 200 g/mol. The van der Waals surface area contributed by atoms with Crippen molar-refractivity contribution in [3.05, 3.63) is 28.3 Å². The van der Waals surface area contributed by atoms with E-state index in [0.29, 0.717) is 23.6 Å². The number of aryl methyl sites for hydroxylation is 2. The molecule has 0 aliphatic heterocycles. The molecule has 0 amide bonds. The Bertz CT molecular complexity index is 334. The topological polar surface area (TPSA) is 26.3 Å². The van der Waals surface area contributed by atoms with Crippen LogP contribution in [0.15, 0.2) is 12.1 Å². The molecule has 1 rings (SSSR count). The smallest absolute Gasteiger partial charge is 0.140 e. The average Bonchev–Trinajstić information content (AvgIpc) is 2.20. The van der Waals surface area contributed by atoms with Crippen LogP contribution in [0.25, 0.3) is 0 Å². The van der Waals surface area contributed by atoms with Crippen LogP contribution in [0.4, 0.5) is 0 Å². The van der Waals surface area contributed by atoms with Crippen LogP contribution in [0.1, 0.15) is 17.5 Å². The lowest BCUT2D eigenvalue weighted by Crippen LogP contribution is -1.95. The summed E-state index contributed by atoms with van der Waals surface area (Å²) >= 11 is 6.06. The molecule has 0 fully saturated rings. The van der Waals surface area contributed by atoms with Crippen molar-refractivity contribution in [2.45, 2.75) is 19.8 Å². The Balaban J connectivity index is 3.03. The summed E-state index contributed by atoms with van der Waals surface area (Å²) < 4.78 is 5.21. The van der Waals surface area contributed by atoms with Crippen LogP contribution >= 0.6 is 11.6 Å². The van der Waals surface area contributed by atoms with Gasteiger partial charge in [-0.2, -0.15) is 0 Å². The maximum Gasteiger partial charge on any atom is 0.140 e. The number of methoxy groups -OCH3 is 1. The normalized spacial score (nSPS) is 9.93. The predicted octanol–water partition coefficient (Wildman–Crippen LogP) is 2.79. The van der Waals surface area contributed by atoms with E-state index in [-0.39, 0.29) is 0 Å². The molecule has 14 heavy (non-hydrogen) atoms. The van der Waals surface area contributed by atoms with Crippen molar-refractivity contribution in [3.63, 3.8) is 0 Å². The Morgan fingerprint density at radius 3 is 2.79 bits per heavy atom. The minimum atomic E-state index is 0.496. The molecule has 0 saturated heterocycles.